The number of nitrogens with one attached hydrogen (secondary N) is 1. The Balaban J connectivity index is 1.35. The first-order chi connectivity index (χ1) is 12.2. The molecule has 0 saturated carbocycles. The summed E-state index contributed by atoms with van der Waals surface area (Å²) in [5.41, 5.74) is 0.747. The molecule has 0 spiro atoms. The van der Waals surface area contributed by atoms with Crippen LogP contribution in [0, 0.1) is 0 Å². The van der Waals surface area contributed by atoms with Gasteiger partial charge < -0.3 is 10.2 Å². The number of hydrogen-bond acceptors (Lipinski definition) is 4. The van der Waals surface area contributed by atoms with E-state index in [1.807, 2.05) is 52.7 Å². The van der Waals surface area contributed by atoms with Crippen molar-refractivity contribution in [2.75, 3.05) is 39.3 Å². The van der Waals surface area contributed by atoms with Crippen molar-refractivity contribution in [3.63, 3.8) is 0 Å². The zero-order valence-corrected chi connectivity index (χ0v) is 15.0. The van der Waals surface area contributed by atoms with E-state index in [1.165, 1.54) is 0 Å². The number of carbonyl (C=O) groups is 2. The molecule has 2 heterocycles. The Kier molecular flexibility index (Phi) is 6.19. The van der Waals surface area contributed by atoms with Gasteiger partial charge in [0.15, 0.2) is 0 Å². The molecule has 2 amide bonds. The topological polar surface area (TPSA) is 52.7 Å². The van der Waals surface area contributed by atoms with Gasteiger partial charge in [0.05, 0.1) is 6.42 Å². The van der Waals surface area contributed by atoms with Crippen LogP contribution < -0.4 is 5.32 Å². The molecular formula is C19H23N3O2S. The standard InChI is InChI=1S/C19H23N3O2S/c23-18(15-17-7-4-14-25-17)20-8-9-21-10-12-22(13-11-21)19(24)16-5-2-1-3-6-16/h1-7,14H,8-13,15H2,(H,20,23). The number of hydrogen-bond donors (Lipinski definition) is 1. The fourth-order valence-electron chi connectivity index (χ4n) is 2.93. The lowest BCUT2D eigenvalue weighted by Crippen LogP contribution is -2.50. The number of amides is 2. The van der Waals surface area contributed by atoms with E-state index in [0.717, 1.165) is 43.2 Å². The Labute approximate surface area is 152 Å². The van der Waals surface area contributed by atoms with Gasteiger partial charge in [0.25, 0.3) is 5.91 Å². The van der Waals surface area contributed by atoms with Crippen LogP contribution in [0.4, 0.5) is 0 Å². The predicted molar refractivity (Wildman–Crippen MR) is 99.8 cm³/mol. The van der Waals surface area contributed by atoms with E-state index >= 15 is 0 Å². The normalized spacial score (nSPS) is 15.1. The molecule has 1 aromatic heterocycles. The van der Waals surface area contributed by atoms with E-state index in [0.29, 0.717) is 13.0 Å². The molecule has 132 valence electrons. The molecule has 1 aliphatic rings. The maximum Gasteiger partial charge on any atom is 0.253 e. The zero-order chi connectivity index (χ0) is 17.5. The molecule has 25 heavy (non-hydrogen) atoms. The molecule has 3 rings (SSSR count). The molecule has 1 N–H and O–H groups in total. The summed E-state index contributed by atoms with van der Waals surface area (Å²) in [5, 5.41) is 4.96. The van der Waals surface area contributed by atoms with Crippen LogP contribution in [0.5, 0.6) is 0 Å². The summed E-state index contributed by atoms with van der Waals surface area (Å²) in [5.74, 6) is 0.171. The fourth-order valence-corrected chi connectivity index (χ4v) is 3.63. The number of benzene rings is 1. The van der Waals surface area contributed by atoms with Crippen molar-refractivity contribution in [3.8, 4) is 0 Å². The second-order valence-corrected chi connectivity index (χ2v) is 7.14. The summed E-state index contributed by atoms with van der Waals surface area (Å²) < 4.78 is 0. The highest BCUT2D eigenvalue weighted by atomic mass is 32.1. The minimum Gasteiger partial charge on any atom is -0.355 e. The van der Waals surface area contributed by atoms with Gasteiger partial charge in [0.2, 0.25) is 5.91 Å². The average Bonchev–Trinajstić information content (AvgIpc) is 3.15. The third kappa shape index (κ3) is 5.14. The summed E-state index contributed by atoms with van der Waals surface area (Å²) in [6, 6.07) is 13.4. The van der Waals surface area contributed by atoms with Gasteiger partial charge in [-0.15, -0.1) is 11.3 Å². The van der Waals surface area contributed by atoms with Gasteiger partial charge in [-0.1, -0.05) is 24.3 Å². The first-order valence-electron chi connectivity index (χ1n) is 8.58. The SMILES string of the molecule is O=C(Cc1cccs1)NCCN1CCN(C(=O)c2ccccc2)CC1. The number of carbonyl (C=O) groups excluding carboxylic acids is 2. The van der Waals surface area contributed by atoms with Crippen LogP contribution >= 0.6 is 11.3 Å². The molecule has 0 bridgehead atoms. The Morgan fingerprint density at radius 1 is 1.00 bits per heavy atom. The van der Waals surface area contributed by atoms with Gasteiger partial charge in [0.1, 0.15) is 0 Å². The highest BCUT2D eigenvalue weighted by molar-refractivity contribution is 7.10. The highest BCUT2D eigenvalue weighted by Crippen LogP contribution is 2.09. The molecule has 0 atom stereocenters. The molecule has 0 radical (unpaired) electrons. The number of thiophene rings is 1. The van der Waals surface area contributed by atoms with Crippen LogP contribution in [0.1, 0.15) is 15.2 Å². The lowest BCUT2D eigenvalue weighted by Gasteiger charge is -2.34. The van der Waals surface area contributed by atoms with E-state index < -0.39 is 0 Å². The van der Waals surface area contributed by atoms with Gasteiger partial charge in [-0.05, 0) is 23.6 Å². The number of nitrogens with zero attached hydrogens (tertiary/aromatic N) is 2. The Morgan fingerprint density at radius 2 is 1.76 bits per heavy atom. The van der Waals surface area contributed by atoms with Gasteiger partial charge in [-0.2, -0.15) is 0 Å². The molecular weight excluding hydrogens is 334 g/mol. The van der Waals surface area contributed by atoms with Crippen molar-refractivity contribution in [1.82, 2.24) is 15.1 Å². The summed E-state index contributed by atoms with van der Waals surface area (Å²) >= 11 is 1.61. The van der Waals surface area contributed by atoms with Crippen LogP contribution in [0.15, 0.2) is 47.8 Å². The quantitative estimate of drug-likeness (QED) is 0.859. The van der Waals surface area contributed by atoms with Crippen LogP contribution in [-0.2, 0) is 11.2 Å². The van der Waals surface area contributed by atoms with Crippen molar-refractivity contribution >= 4 is 23.2 Å². The third-order valence-corrected chi connectivity index (χ3v) is 5.22. The lowest BCUT2D eigenvalue weighted by molar-refractivity contribution is -0.120. The zero-order valence-electron chi connectivity index (χ0n) is 14.2. The van der Waals surface area contributed by atoms with Crippen LogP contribution in [0.3, 0.4) is 0 Å². The van der Waals surface area contributed by atoms with E-state index in [-0.39, 0.29) is 11.8 Å². The molecule has 0 unspecified atom stereocenters. The van der Waals surface area contributed by atoms with Crippen molar-refractivity contribution < 1.29 is 9.59 Å². The second kappa shape index (κ2) is 8.78. The van der Waals surface area contributed by atoms with Crippen molar-refractivity contribution in [2.45, 2.75) is 6.42 Å². The molecule has 1 saturated heterocycles. The first kappa shape index (κ1) is 17.6. The first-order valence-corrected chi connectivity index (χ1v) is 9.46. The smallest absolute Gasteiger partial charge is 0.253 e. The summed E-state index contributed by atoms with van der Waals surface area (Å²) in [6.45, 7) is 4.63. The van der Waals surface area contributed by atoms with Crippen molar-refractivity contribution in [3.05, 3.63) is 58.3 Å². The van der Waals surface area contributed by atoms with E-state index in [9.17, 15) is 9.59 Å². The molecule has 1 aromatic carbocycles. The van der Waals surface area contributed by atoms with Gasteiger partial charge in [0, 0.05) is 49.7 Å². The largest absolute Gasteiger partial charge is 0.355 e. The van der Waals surface area contributed by atoms with Gasteiger partial charge in [-0.3, -0.25) is 14.5 Å². The van der Waals surface area contributed by atoms with Gasteiger partial charge >= 0.3 is 0 Å². The van der Waals surface area contributed by atoms with Crippen LogP contribution in [-0.4, -0.2) is 60.9 Å². The summed E-state index contributed by atoms with van der Waals surface area (Å²) in [6.07, 6.45) is 0.455. The average molecular weight is 357 g/mol. The molecule has 0 aliphatic carbocycles. The highest BCUT2D eigenvalue weighted by Gasteiger charge is 2.21. The van der Waals surface area contributed by atoms with E-state index in [4.69, 9.17) is 0 Å². The van der Waals surface area contributed by atoms with Crippen LogP contribution in [0.25, 0.3) is 0 Å². The minimum absolute atomic E-state index is 0.0698. The minimum atomic E-state index is 0.0698. The van der Waals surface area contributed by atoms with Crippen molar-refractivity contribution in [1.29, 1.82) is 0 Å². The molecule has 1 fully saturated rings. The third-order valence-electron chi connectivity index (χ3n) is 4.35. The fraction of sp³-hybridized carbons (Fsp3) is 0.368. The maximum absolute atomic E-state index is 12.4. The Hall–Kier alpha value is -2.18. The second-order valence-electron chi connectivity index (χ2n) is 6.11. The lowest BCUT2D eigenvalue weighted by atomic mass is 10.2. The maximum atomic E-state index is 12.4. The van der Waals surface area contributed by atoms with Gasteiger partial charge in [-0.25, -0.2) is 0 Å². The molecule has 6 heteroatoms. The molecule has 2 aromatic rings. The molecule has 5 nitrogen and oxygen atoms in total. The summed E-state index contributed by atoms with van der Waals surface area (Å²) in [4.78, 5) is 29.6. The Bertz CT molecular complexity index is 680. The van der Waals surface area contributed by atoms with E-state index in [1.54, 1.807) is 11.3 Å². The summed E-state index contributed by atoms with van der Waals surface area (Å²) in [7, 11) is 0. The van der Waals surface area contributed by atoms with Crippen molar-refractivity contribution in [2.24, 2.45) is 0 Å². The monoisotopic (exact) mass is 357 g/mol. The van der Waals surface area contributed by atoms with Crippen LogP contribution in [0.2, 0.25) is 0 Å². The molecule has 1 aliphatic heterocycles. The number of rotatable bonds is 6. The Morgan fingerprint density at radius 3 is 2.44 bits per heavy atom. The van der Waals surface area contributed by atoms with E-state index in [2.05, 4.69) is 10.2 Å². The predicted octanol–water partition coefficient (Wildman–Crippen LogP) is 1.86. The number of piperazine rings is 1.